The smallest absolute Gasteiger partial charge is 0.410 e. The lowest BCUT2D eigenvalue weighted by Gasteiger charge is -2.07. The number of anilines is 1. The maximum absolute atomic E-state index is 12.3. The Morgan fingerprint density at radius 2 is 1.65 bits per heavy atom. The first kappa shape index (κ1) is 19.3. The monoisotopic (exact) mass is 449 g/mol. The predicted molar refractivity (Wildman–Crippen MR) is 121 cm³/mol. The Bertz CT molecular complexity index is 1430. The minimum absolute atomic E-state index is 0.353. The zero-order valence-electron chi connectivity index (χ0n) is 15.8. The number of rotatable bonds is 3. The lowest BCUT2D eigenvalue weighted by molar-refractivity contribution is 0.215. The molecular weight excluding hydrogens is 437 g/mol. The predicted octanol–water partition coefficient (Wildman–Crippen LogP) is 6.09. The minimum atomic E-state index is -0.628. The Morgan fingerprint density at radius 1 is 0.903 bits per heavy atom. The van der Waals surface area contributed by atoms with Gasteiger partial charge in [-0.2, -0.15) is 0 Å². The molecule has 0 spiro atoms. The van der Waals surface area contributed by atoms with Crippen LogP contribution in [0.3, 0.4) is 0 Å². The van der Waals surface area contributed by atoms with E-state index in [1.165, 1.54) is 0 Å². The first-order valence-corrected chi connectivity index (χ1v) is 9.96. The van der Waals surface area contributed by atoms with Crippen molar-refractivity contribution in [3.63, 3.8) is 0 Å². The third-order valence-corrected chi connectivity index (χ3v) is 5.21. The summed E-state index contributed by atoms with van der Waals surface area (Å²) >= 11 is 12.5. The lowest BCUT2D eigenvalue weighted by Crippen LogP contribution is -2.16. The summed E-state index contributed by atoms with van der Waals surface area (Å²) in [5.41, 5.74) is 3.94. The molecule has 0 aliphatic rings. The molecule has 7 nitrogen and oxygen atoms in total. The molecule has 0 aliphatic carbocycles. The second-order valence-corrected chi connectivity index (χ2v) is 7.45. The third-order valence-electron chi connectivity index (χ3n) is 4.58. The highest BCUT2D eigenvalue weighted by atomic mass is 35.5. The van der Waals surface area contributed by atoms with Gasteiger partial charge in [0.2, 0.25) is 0 Å². The van der Waals surface area contributed by atoms with Gasteiger partial charge in [-0.25, -0.2) is 9.78 Å². The van der Waals surface area contributed by atoms with Gasteiger partial charge in [0.05, 0.1) is 37.7 Å². The maximum atomic E-state index is 12.3. The topological polar surface area (TPSA) is 92.8 Å². The summed E-state index contributed by atoms with van der Waals surface area (Å²) in [6, 6.07) is 15.6. The van der Waals surface area contributed by atoms with Gasteiger partial charge in [0.25, 0.3) is 0 Å². The number of H-pyrrole nitrogens is 1. The molecule has 9 heteroatoms. The molecule has 2 heterocycles. The van der Waals surface area contributed by atoms with E-state index in [1.807, 2.05) is 0 Å². The third kappa shape index (κ3) is 3.88. The Morgan fingerprint density at radius 3 is 2.45 bits per heavy atom. The number of aromatic amines is 1. The quantitative estimate of drug-likeness (QED) is 0.347. The van der Waals surface area contributed by atoms with E-state index in [1.54, 1.807) is 67.0 Å². The number of benzene rings is 3. The van der Waals surface area contributed by atoms with Crippen LogP contribution in [0.5, 0.6) is 5.75 Å². The van der Waals surface area contributed by atoms with Crippen LogP contribution in [0.2, 0.25) is 10.0 Å². The van der Waals surface area contributed by atoms with Gasteiger partial charge in [0.15, 0.2) is 0 Å². The summed E-state index contributed by atoms with van der Waals surface area (Å²) < 4.78 is 5.41. The molecule has 1 amide bonds. The molecule has 5 aromatic rings. The number of ether oxygens (including phenoxy) is 1. The minimum Gasteiger partial charge on any atom is -0.410 e. The van der Waals surface area contributed by atoms with Crippen LogP contribution in [-0.2, 0) is 0 Å². The van der Waals surface area contributed by atoms with Crippen LogP contribution in [0, 0.1) is 0 Å². The summed E-state index contributed by atoms with van der Waals surface area (Å²) in [4.78, 5) is 28.5. The standard InChI is InChI=1S/C22H13Cl2N5O2/c23-14-2-1-3-15(24)20(14)21-28-17-7-5-13(11-19(17)29-21)31-22(30)27-12-4-6-16-18(10-12)26-9-8-25-16/h1-11H,(H,27,30)(H,28,29). The summed E-state index contributed by atoms with van der Waals surface area (Å²) in [6.07, 6.45) is 2.57. The first-order chi connectivity index (χ1) is 15.1. The van der Waals surface area contributed by atoms with Crippen molar-refractivity contribution in [2.24, 2.45) is 0 Å². The second kappa shape index (κ2) is 7.86. The Labute approximate surface area is 186 Å². The average Bonchev–Trinajstić information content (AvgIpc) is 3.16. The van der Waals surface area contributed by atoms with Gasteiger partial charge < -0.3 is 9.72 Å². The van der Waals surface area contributed by atoms with Gasteiger partial charge >= 0.3 is 6.09 Å². The number of carbonyl (C=O) groups is 1. The van der Waals surface area contributed by atoms with Crippen LogP contribution >= 0.6 is 23.2 Å². The van der Waals surface area contributed by atoms with Crippen molar-refractivity contribution >= 4 is 57.0 Å². The van der Waals surface area contributed by atoms with E-state index in [9.17, 15) is 4.79 Å². The molecule has 0 saturated heterocycles. The number of amides is 1. The highest BCUT2D eigenvalue weighted by molar-refractivity contribution is 6.39. The van der Waals surface area contributed by atoms with Gasteiger partial charge in [0, 0.05) is 24.1 Å². The van der Waals surface area contributed by atoms with Crippen LogP contribution < -0.4 is 10.1 Å². The zero-order valence-corrected chi connectivity index (χ0v) is 17.3. The number of halogens is 2. The molecule has 0 fully saturated rings. The molecule has 0 unspecified atom stereocenters. The molecule has 2 N–H and O–H groups in total. The normalized spacial score (nSPS) is 11.0. The molecule has 31 heavy (non-hydrogen) atoms. The molecule has 3 aromatic carbocycles. The number of aromatic nitrogens is 4. The maximum Gasteiger partial charge on any atom is 0.417 e. The molecule has 0 bridgehead atoms. The number of carbonyl (C=O) groups excluding carboxylic acids is 1. The fraction of sp³-hybridized carbons (Fsp3) is 0. The Hall–Kier alpha value is -3.68. The lowest BCUT2D eigenvalue weighted by atomic mass is 10.2. The summed E-state index contributed by atoms with van der Waals surface area (Å²) in [5.74, 6) is 0.885. The van der Waals surface area contributed by atoms with Crippen molar-refractivity contribution in [3.8, 4) is 17.1 Å². The molecule has 0 radical (unpaired) electrons. The van der Waals surface area contributed by atoms with E-state index in [0.29, 0.717) is 49.4 Å². The summed E-state index contributed by atoms with van der Waals surface area (Å²) in [7, 11) is 0. The summed E-state index contributed by atoms with van der Waals surface area (Å²) in [5, 5.41) is 3.66. The number of hydrogen-bond acceptors (Lipinski definition) is 5. The van der Waals surface area contributed by atoms with Gasteiger partial charge in [0.1, 0.15) is 11.6 Å². The molecular formula is C22H13Cl2N5O2. The van der Waals surface area contributed by atoms with Crippen LogP contribution in [0.25, 0.3) is 33.5 Å². The van der Waals surface area contributed by atoms with E-state index in [4.69, 9.17) is 27.9 Å². The van der Waals surface area contributed by atoms with Crippen molar-refractivity contribution in [2.75, 3.05) is 5.32 Å². The fourth-order valence-electron chi connectivity index (χ4n) is 3.19. The van der Waals surface area contributed by atoms with Crippen molar-refractivity contribution in [1.82, 2.24) is 19.9 Å². The Balaban J connectivity index is 1.37. The molecule has 0 saturated carbocycles. The number of hydrogen-bond donors (Lipinski definition) is 2. The molecule has 152 valence electrons. The van der Waals surface area contributed by atoms with Crippen LogP contribution in [0.15, 0.2) is 67.0 Å². The second-order valence-electron chi connectivity index (χ2n) is 6.64. The highest BCUT2D eigenvalue weighted by Crippen LogP contribution is 2.34. The van der Waals surface area contributed by atoms with E-state index >= 15 is 0 Å². The zero-order chi connectivity index (χ0) is 21.4. The number of fused-ring (bicyclic) bond motifs is 2. The average molecular weight is 450 g/mol. The SMILES string of the molecule is O=C(Nc1ccc2nccnc2c1)Oc1ccc2nc(-c3c(Cl)cccc3Cl)[nH]c2c1. The van der Waals surface area contributed by atoms with Crippen LogP contribution in [0.4, 0.5) is 10.5 Å². The van der Waals surface area contributed by atoms with E-state index in [2.05, 4.69) is 25.3 Å². The Kier molecular flexibility index (Phi) is 4.89. The van der Waals surface area contributed by atoms with Crippen molar-refractivity contribution in [1.29, 1.82) is 0 Å². The number of imidazole rings is 1. The van der Waals surface area contributed by atoms with Crippen molar-refractivity contribution in [3.05, 3.63) is 77.0 Å². The van der Waals surface area contributed by atoms with Gasteiger partial charge in [-0.3, -0.25) is 15.3 Å². The molecule has 5 rings (SSSR count). The van der Waals surface area contributed by atoms with Gasteiger partial charge in [-0.05, 0) is 42.5 Å². The van der Waals surface area contributed by atoms with E-state index < -0.39 is 6.09 Å². The fourth-order valence-corrected chi connectivity index (χ4v) is 3.76. The van der Waals surface area contributed by atoms with E-state index in [-0.39, 0.29) is 0 Å². The molecule has 0 aliphatic heterocycles. The number of nitrogens with zero attached hydrogens (tertiary/aromatic N) is 3. The number of nitrogens with one attached hydrogen (secondary N) is 2. The van der Waals surface area contributed by atoms with Crippen LogP contribution in [-0.4, -0.2) is 26.0 Å². The highest BCUT2D eigenvalue weighted by Gasteiger charge is 2.14. The molecule has 2 aromatic heterocycles. The van der Waals surface area contributed by atoms with Crippen molar-refractivity contribution < 1.29 is 9.53 Å². The first-order valence-electron chi connectivity index (χ1n) is 9.20. The molecule has 0 atom stereocenters. The largest absolute Gasteiger partial charge is 0.417 e. The van der Waals surface area contributed by atoms with E-state index in [0.717, 1.165) is 5.52 Å². The van der Waals surface area contributed by atoms with Gasteiger partial charge in [-0.15, -0.1) is 0 Å². The van der Waals surface area contributed by atoms with Crippen molar-refractivity contribution in [2.45, 2.75) is 0 Å². The van der Waals surface area contributed by atoms with Crippen LogP contribution in [0.1, 0.15) is 0 Å². The van der Waals surface area contributed by atoms with Gasteiger partial charge in [-0.1, -0.05) is 29.3 Å². The summed E-state index contributed by atoms with van der Waals surface area (Å²) in [6.45, 7) is 0.